The van der Waals surface area contributed by atoms with E-state index < -0.39 is 8.07 Å². The fourth-order valence-electron chi connectivity index (χ4n) is 5.99. The fraction of sp³-hybridized carbons (Fsp3) is 0.321. The summed E-state index contributed by atoms with van der Waals surface area (Å²) in [6.07, 6.45) is 3.26. The molecule has 0 unspecified atom stereocenters. The van der Waals surface area contributed by atoms with E-state index in [1.54, 1.807) is 6.92 Å². The summed E-state index contributed by atoms with van der Waals surface area (Å²) in [5.41, 5.74) is 4.74. The van der Waals surface area contributed by atoms with Gasteiger partial charge in [-0.15, -0.1) is 0 Å². The van der Waals surface area contributed by atoms with Crippen LogP contribution in [0.4, 0.5) is 0 Å². The molecule has 1 saturated carbocycles. The maximum Gasteiger partial charge on any atom is 0.132 e. The smallest absolute Gasteiger partial charge is 0.132 e. The Morgan fingerprint density at radius 3 is 1.47 bits per heavy atom. The Bertz CT molecular complexity index is 882. The SMILES string of the molecule is CC(=O)[C@@H]1CC[C@@H]([Si](C)(C)C(c2ccccc2)(c2ccccc2)c2ccccc2)C1. The van der Waals surface area contributed by atoms with Gasteiger partial charge in [-0.1, -0.05) is 111 Å². The molecule has 0 aromatic heterocycles. The number of hydrogen-bond acceptors (Lipinski definition) is 1. The van der Waals surface area contributed by atoms with E-state index in [0.29, 0.717) is 11.3 Å². The molecule has 4 rings (SSSR count). The Labute approximate surface area is 182 Å². The molecule has 0 saturated heterocycles. The average Bonchev–Trinajstić information content (AvgIpc) is 3.28. The highest BCUT2D eigenvalue weighted by Gasteiger charge is 2.55. The van der Waals surface area contributed by atoms with Gasteiger partial charge < -0.3 is 0 Å². The Morgan fingerprint density at radius 2 is 1.13 bits per heavy atom. The van der Waals surface area contributed by atoms with Gasteiger partial charge in [0.15, 0.2) is 0 Å². The molecule has 2 atom stereocenters. The summed E-state index contributed by atoms with van der Waals surface area (Å²) in [5, 5.41) is -0.160. The highest BCUT2D eigenvalue weighted by atomic mass is 28.3. The molecule has 0 aliphatic heterocycles. The van der Waals surface area contributed by atoms with Gasteiger partial charge in [0.25, 0.3) is 0 Å². The summed E-state index contributed by atoms with van der Waals surface area (Å²) in [5.74, 6) is 0.605. The molecule has 0 spiro atoms. The number of carbonyl (C=O) groups excluding carboxylic acids is 1. The van der Waals surface area contributed by atoms with Crippen LogP contribution in [0.1, 0.15) is 42.9 Å². The summed E-state index contributed by atoms with van der Waals surface area (Å²) < 4.78 is 0. The molecule has 30 heavy (non-hydrogen) atoms. The van der Waals surface area contributed by atoms with Crippen LogP contribution in [0.2, 0.25) is 18.6 Å². The van der Waals surface area contributed by atoms with Crippen LogP contribution in [0.3, 0.4) is 0 Å². The number of benzene rings is 3. The minimum Gasteiger partial charge on any atom is -0.300 e. The normalized spacial score (nSPS) is 19.6. The second-order valence-corrected chi connectivity index (χ2v) is 14.4. The van der Waals surface area contributed by atoms with Gasteiger partial charge in [-0.2, -0.15) is 0 Å². The maximum absolute atomic E-state index is 12.2. The van der Waals surface area contributed by atoms with Crippen molar-refractivity contribution in [1.82, 2.24) is 0 Å². The first-order valence-electron chi connectivity index (χ1n) is 11.1. The molecule has 1 aliphatic rings. The summed E-state index contributed by atoms with van der Waals surface area (Å²) in [7, 11) is -2.01. The van der Waals surface area contributed by atoms with Crippen LogP contribution < -0.4 is 0 Å². The number of carbonyl (C=O) groups is 1. The third kappa shape index (κ3) is 3.37. The lowest BCUT2D eigenvalue weighted by Crippen LogP contribution is -2.56. The van der Waals surface area contributed by atoms with E-state index in [-0.39, 0.29) is 11.0 Å². The lowest BCUT2D eigenvalue weighted by Gasteiger charge is -2.50. The number of hydrogen-bond donors (Lipinski definition) is 0. The molecule has 2 heteroatoms. The fourth-order valence-corrected chi connectivity index (χ4v) is 11.1. The standard InChI is InChI=1S/C28H32OSi/c1-22(29)23-19-20-27(21-23)30(2,3)28(24-13-7-4-8-14-24,25-15-9-5-10-16-25)26-17-11-6-12-18-26/h4-18,23,27H,19-21H2,1-3H3/t23-,27-/m1/s1. The number of ketones is 1. The zero-order valence-electron chi connectivity index (χ0n) is 18.3. The topological polar surface area (TPSA) is 17.1 Å². The molecule has 154 valence electrons. The first-order valence-corrected chi connectivity index (χ1v) is 14.2. The van der Waals surface area contributed by atoms with Crippen molar-refractivity contribution in [3.63, 3.8) is 0 Å². The van der Waals surface area contributed by atoms with Crippen LogP contribution in [-0.2, 0) is 9.83 Å². The summed E-state index contributed by atoms with van der Waals surface area (Å²) in [4.78, 5) is 12.2. The molecule has 1 aliphatic carbocycles. The van der Waals surface area contributed by atoms with E-state index in [4.69, 9.17) is 0 Å². The molecule has 0 bridgehead atoms. The van der Waals surface area contributed by atoms with Gasteiger partial charge in [0.1, 0.15) is 5.78 Å². The van der Waals surface area contributed by atoms with Crippen LogP contribution in [0.15, 0.2) is 91.0 Å². The predicted octanol–water partition coefficient (Wildman–Crippen LogP) is 7.03. The number of Topliss-reactive ketones (excluding diaryl/α,β-unsaturated/α-hetero) is 1. The van der Waals surface area contributed by atoms with Crippen LogP contribution in [0.25, 0.3) is 0 Å². The van der Waals surface area contributed by atoms with Gasteiger partial charge in [-0.25, -0.2) is 0 Å². The Balaban J connectivity index is 1.99. The predicted molar refractivity (Wildman–Crippen MR) is 128 cm³/mol. The van der Waals surface area contributed by atoms with Crippen molar-refractivity contribution < 1.29 is 4.79 Å². The highest BCUT2D eigenvalue weighted by Crippen LogP contribution is 2.55. The van der Waals surface area contributed by atoms with E-state index in [1.807, 2.05) is 0 Å². The molecular formula is C28H32OSi. The first kappa shape index (κ1) is 20.8. The highest BCUT2D eigenvalue weighted by molar-refractivity contribution is 6.83. The van der Waals surface area contributed by atoms with Gasteiger partial charge in [0.2, 0.25) is 0 Å². The zero-order valence-corrected chi connectivity index (χ0v) is 19.3. The van der Waals surface area contributed by atoms with Crippen LogP contribution in [-0.4, -0.2) is 13.9 Å². The van der Waals surface area contributed by atoms with Crippen molar-refractivity contribution in [2.75, 3.05) is 0 Å². The molecule has 1 fully saturated rings. The van der Waals surface area contributed by atoms with Gasteiger partial charge in [0.05, 0.1) is 8.07 Å². The monoisotopic (exact) mass is 412 g/mol. The van der Waals surface area contributed by atoms with Crippen LogP contribution in [0, 0.1) is 5.92 Å². The van der Waals surface area contributed by atoms with Crippen molar-refractivity contribution in [3.8, 4) is 0 Å². The van der Waals surface area contributed by atoms with Gasteiger partial charge in [-0.3, -0.25) is 4.79 Å². The van der Waals surface area contributed by atoms with Crippen LogP contribution in [0.5, 0.6) is 0 Å². The lowest BCUT2D eigenvalue weighted by molar-refractivity contribution is -0.120. The van der Waals surface area contributed by atoms with E-state index in [1.165, 1.54) is 16.7 Å². The third-order valence-corrected chi connectivity index (χ3v) is 13.0. The molecule has 1 nitrogen and oxygen atoms in total. The number of rotatable bonds is 6. The Hall–Kier alpha value is -2.45. The maximum atomic E-state index is 12.2. The van der Waals surface area contributed by atoms with Gasteiger partial charge >= 0.3 is 0 Å². The van der Waals surface area contributed by atoms with E-state index in [2.05, 4.69) is 104 Å². The van der Waals surface area contributed by atoms with Crippen molar-refractivity contribution >= 4 is 13.9 Å². The zero-order chi connectivity index (χ0) is 21.2. The Morgan fingerprint density at radius 1 is 0.733 bits per heavy atom. The molecule has 0 N–H and O–H groups in total. The Kier molecular flexibility index (Phi) is 5.79. The lowest BCUT2D eigenvalue weighted by atomic mass is 9.83. The summed E-state index contributed by atoms with van der Waals surface area (Å²) in [6, 6.07) is 33.2. The van der Waals surface area contributed by atoms with E-state index in [9.17, 15) is 4.79 Å². The second-order valence-electron chi connectivity index (χ2n) is 9.39. The quantitative estimate of drug-likeness (QED) is 0.314. The van der Waals surface area contributed by atoms with E-state index >= 15 is 0 Å². The second kappa shape index (κ2) is 8.35. The molecular weight excluding hydrogens is 380 g/mol. The van der Waals surface area contributed by atoms with Crippen molar-refractivity contribution in [3.05, 3.63) is 108 Å². The van der Waals surface area contributed by atoms with Crippen molar-refractivity contribution in [2.24, 2.45) is 5.92 Å². The molecule has 0 radical (unpaired) electrons. The van der Waals surface area contributed by atoms with Crippen LogP contribution >= 0.6 is 0 Å². The van der Waals surface area contributed by atoms with Gasteiger partial charge in [0, 0.05) is 11.0 Å². The minimum atomic E-state index is -2.01. The van der Waals surface area contributed by atoms with Crippen molar-refractivity contribution in [2.45, 2.75) is 49.9 Å². The summed E-state index contributed by atoms with van der Waals surface area (Å²) in [6.45, 7) is 6.90. The summed E-state index contributed by atoms with van der Waals surface area (Å²) >= 11 is 0. The molecule has 3 aromatic rings. The average molecular weight is 413 g/mol. The third-order valence-electron chi connectivity index (χ3n) is 7.62. The first-order chi connectivity index (χ1) is 14.5. The molecule has 0 amide bonds. The van der Waals surface area contributed by atoms with Crippen molar-refractivity contribution in [1.29, 1.82) is 0 Å². The molecule has 3 aromatic carbocycles. The minimum absolute atomic E-state index is 0.160. The van der Waals surface area contributed by atoms with E-state index in [0.717, 1.165) is 19.3 Å². The largest absolute Gasteiger partial charge is 0.300 e. The van der Waals surface area contributed by atoms with Gasteiger partial charge in [-0.05, 0) is 42.0 Å². The molecule has 0 heterocycles.